The molecule has 0 bridgehead atoms. The Morgan fingerprint density at radius 1 is 1.12 bits per heavy atom. The van der Waals surface area contributed by atoms with Crippen LogP contribution in [0.4, 0.5) is 5.69 Å². The summed E-state index contributed by atoms with van der Waals surface area (Å²) in [5, 5.41) is 0. The van der Waals surface area contributed by atoms with Crippen molar-refractivity contribution in [1.29, 1.82) is 0 Å². The van der Waals surface area contributed by atoms with E-state index >= 15 is 0 Å². The zero-order valence-electron chi connectivity index (χ0n) is 13.2. The van der Waals surface area contributed by atoms with Crippen LogP contribution in [0.25, 0.3) is 0 Å². The third-order valence-electron chi connectivity index (χ3n) is 4.22. The first-order valence-electron chi connectivity index (χ1n) is 7.70. The van der Waals surface area contributed by atoms with E-state index in [9.17, 15) is 8.42 Å². The fourth-order valence-corrected chi connectivity index (χ4v) is 4.67. The van der Waals surface area contributed by atoms with Crippen LogP contribution in [0.15, 0.2) is 35.2 Å². The minimum Gasteiger partial charge on any atom is -0.495 e. The standard InChI is InChI=1S/C17H17NO5S/c1-21-14-5-3-2-4-13(14)18-24(19,20)17-12-7-9-22-15(12)10-11-6-8-23-16(11)17/h2-5,10,18H,6-9H2,1H3. The summed E-state index contributed by atoms with van der Waals surface area (Å²) in [6.07, 6.45) is 1.23. The van der Waals surface area contributed by atoms with Gasteiger partial charge in [0.1, 0.15) is 22.1 Å². The lowest BCUT2D eigenvalue weighted by Crippen LogP contribution is -2.16. The summed E-state index contributed by atoms with van der Waals surface area (Å²) < 4.78 is 45.2. The number of hydrogen-bond acceptors (Lipinski definition) is 5. The molecule has 6 nitrogen and oxygen atoms in total. The monoisotopic (exact) mass is 347 g/mol. The highest BCUT2D eigenvalue weighted by Gasteiger charge is 2.34. The topological polar surface area (TPSA) is 73.9 Å². The predicted octanol–water partition coefficient (Wildman–Crippen LogP) is 2.37. The van der Waals surface area contributed by atoms with Crippen LogP contribution in [0, 0.1) is 0 Å². The Morgan fingerprint density at radius 2 is 1.92 bits per heavy atom. The second-order valence-corrected chi connectivity index (χ2v) is 7.29. The number of methoxy groups -OCH3 is 1. The second kappa shape index (κ2) is 5.59. The van der Waals surface area contributed by atoms with E-state index in [1.54, 1.807) is 24.3 Å². The van der Waals surface area contributed by atoms with Crippen LogP contribution in [-0.4, -0.2) is 28.7 Å². The zero-order valence-corrected chi connectivity index (χ0v) is 14.0. The van der Waals surface area contributed by atoms with Crippen LogP contribution in [0.2, 0.25) is 0 Å². The lowest BCUT2D eigenvalue weighted by molar-refractivity contribution is 0.348. The Bertz CT molecular complexity index is 875. The number of rotatable bonds is 4. The van der Waals surface area contributed by atoms with E-state index in [2.05, 4.69) is 4.72 Å². The highest BCUT2D eigenvalue weighted by molar-refractivity contribution is 7.93. The number of ether oxygens (including phenoxy) is 3. The van der Waals surface area contributed by atoms with Gasteiger partial charge in [0.05, 0.1) is 26.0 Å². The van der Waals surface area contributed by atoms with Gasteiger partial charge in [-0.15, -0.1) is 0 Å². The van der Waals surface area contributed by atoms with Gasteiger partial charge >= 0.3 is 0 Å². The molecule has 126 valence electrons. The molecule has 1 N–H and O–H groups in total. The molecule has 4 rings (SSSR count). The maximum atomic E-state index is 13.1. The van der Waals surface area contributed by atoms with E-state index in [0.717, 1.165) is 5.56 Å². The Hall–Kier alpha value is -2.41. The van der Waals surface area contributed by atoms with Crippen LogP contribution >= 0.6 is 0 Å². The Morgan fingerprint density at radius 3 is 2.75 bits per heavy atom. The lowest BCUT2D eigenvalue weighted by Gasteiger charge is -2.16. The van der Waals surface area contributed by atoms with Crippen LogP contribution in [0.5, 0.6) is 17.2 Å². The summed E-state index contributed by atoms with van der Waals surface area (Å²) in [5.41, 5.74) is 1.94. The molecule has 2 heterocycles. The molecule has 2 aromatic rings. The van der Waals surface area contributed by atoms with Crippen molar-refractivity contribution in [1.82, 2.24) is 0 Å². The number of benzene rings is 2. The SMILES string of the molecule is COc1ccccc1NS(=O)(=O)c1c2c(cc3c1OCC3)OCC2. The summed E-state index contributed by atoms with van der Waals surface area (Å²) in [6, 6.07) is 8.80. The number of para-hydroxylation sites is 2. The first kappa shape index (κ1) is 15.1. The molecule has 2 aliphatic heterocycles. The van der Waals surface area contributed by atoms with Crippen molar-refractivity contribution in [2.24, 2.45) is 0 Å². The minimum atomic E-state index is -3.83. The maximum absolute atomic E-state index is 13.1. The summed E-state index contributed by atoms with van der Waals surface area (Å²) in [6.45, 7) is 0.963. The van der Waals surface area contributed by atoms with Gasteiger partial charge in [-0.05, 0) is 18.2 Å². The van der Waals surface area contributed by atoms with Crippen molar-refractivity contribution in [3.63, 3.8) is 0 Å². The van der Waals surface area contributed by atoms with Gasteiger partial charge in [0.25, 0.3) is 10.0 Å². The molecule has 0 saturated carbocycles. The average Bonchev–Trinajstić information content (AvgIpc) is 3.20. The average molecular weight is 347 g/mol. The molecule has 7 heteroatoms. The normalized spacial score (nSPS) is 15.2. The van der Waals surface area contributed by atoms with E-state index in [-0.39, 0.29) is 4.90 Å². The molecule has 0 atom stereocenters. The molecular formula is C17H17NO5S. The molecule has 0 fully saturated rings. The van der Waals surface area contributed by atoms with Crippen LogP contribution in [0.1, 0.15) is 11.1 Å². The first-order valence-corrected chi connectivity index (χ1v) is 9.18. The quantitative estimate of drug-likeness (QED) is 0.919. The smallest absolute Gasteiger partial charge is 0.266 e. The van der Waals surface area contributed by atoms with Crippen molar-refractivity contribution < 1.29 is 22.6 Å². The van der Waals surface area contributed by atoms with Crippen molar-refractivity contribution in [3.8, 4) is 17.2 Å². The molecule has 0 unspecified atom stereocenters. The molecule has 0 radical (unpaired) electrons. The van der Waals surface area contributed by atoms with Gasteiger partial charge in [-0.25, -0.2) is 8.42 Å². The second-order valence-electron chi connectivity index (χ2n) is 5.67. The van der Waals surface area contributed by atoms with E-state index in [1.165, 1.54) is 7.11 Å². The molecule has 0 aliphatic carbocycles. The summed E-state index contributed by atoms with van der Waals surface area (Å²) in [5.74, 6) is 1.55. The van der Waals surface area contributed by atoms with E-state index < -0.39 is 10.0 Å². The minimum absolute atomic E-state index is 0.191. The van der Waals surface area contributed by atoms with Gasteiger partial charge < -0.3 is 14.2 Å². The summed E-state index contributed by atoms with van der Waals surface area (Å²) >= 11 is 0. The molecule has 0 spiro atoms. The molecule has 0 saturated heterocycles. The third-order valence-corrected chi connectivity index (χ3v) is 5.68. The maximum Gasteiger partial charge on any atom is 0.266 e. The third kappa shape index (κ3) is 2.36. The summed E-state index contributed by atoms with van der Waals surface area (Å²) in [4.78, 5) is 0.191. The highest BCUT2D eigenvalue weighted by atomic mass is 32.2. The van der Waals surface area contributed by atoms with Crippen LogP contribution in [-0.2, 0) is 22.9 Å². The largest absolute Gasteiger partial charge is 0.495 e. The first-order chi connectivity index (χ1) is 11.6. The van der Waals surface area contributed by atoms with Gasteiger partial charge in [-0.2, -0.15) is 0 Å². The fraction of sp³-hybridized carbons (Fsp3) is 0.294. The van der Waals surface area contributed by atoms with Gasteiger partial charge in [-0.1, -0.05) is 12.1 Å². The predicted molar refractivity (Wildman–Crippen MR) is 88.6 cm³/mol. The molecule has 24 heavy (non-hydrogen) atoms. The molecule has 2 aliphatic rings. The lowest BCUT2D eigenvalue weighted by atomic mass is 10.1. The Labute approximate surface area is 140 Å². The zero-order chi connectivity index (χ0) is 16.7. The molecule has 0 amide bonds. The van der Waals surface area contributed by atoms with E-state index in [1.807, 2.05) is 6.07 Å². The number of fused-ring (bicyclic) bond motifs is 2. The Kier molecular flexibility index (Phi) is 3.53. The fourth-order valence-electron chi connectivity index (χ4n) is 3.15. The van der Waals surface area contributed by atoms with Gasteiger partial charge in [0.15, 0.2) is 0 Å². The number of sulfonamides is 1. The van der Waals surface area contributed by atoms with Crippen LogP contribution in [0.3, 0.4) is 0 Å². The molecule has 2 aromatic carbocycles. The van der Waals surface area contributed by atoms with E-state index in [4.69, 9.17) is 14.2 Å². The summed E-state index contributed by atoms with van der Waals surface area (Å²) in [7, 11) is -2.33. The number of nitrogens with one attached hydrogen (secondary N) is 1. The van der Waals surface area contributed by atoms with Gasteiger partial charge in [0, 0.05) is 24.0 Å². The van der Waals surface area contributed by atoms with Crippen molar-refractivity contribution >= 4 is 15.7 Å². The van der Waals surface area contributed by atoms with E-state index in [0.29, 0.717) is 54.6 Å². The highest BCUT2D eigenvalue weighted by Crippen LogP contribution is 2.44. The van der Waals surface area contributed by atoms with Gasteiger partial charge in [0.2, 0.25) is 0 Å². The molecular weight excluding hydrogens is 330 g/mol. The van der Waals surface area contributed by atoms with Crippen LogP contribution < -0.4 is 18.9 Å². The molecule has 0 aromatic heterocycles. The number of hydrogen-bond donors (Lipinski definition) is 1. The van der Waals surface area contributed by atoms with Gasteiger partial charge in [-0.3, -0.25) is 4.72 Å². The van der Waals surface area contributed by atoms with Crippen molar-refractivity contribution in [2.45, 2.75) is 17.7 Å². The number of anilines is 1. The van der Waals surface area contributed by atoms with Crippen molar-refractivity contribution in [3.05, 3.63) is 41.5 Å². The Balaban J connectivity index is 1.84. The van der Waals surface area contributed by atoms with Crippen molar-refractivity contribution in [2.75, 3.05) is 25.0 Å².